The van der Waals surface area contributed by atoms with E-state index in [1.165, 1.54) is 0 Å². The molecule has 0 saturated heterocycles. The summed E-state index contributed by atoms with van der Waals surface area (Å²) < 4.78 is 0. The molecule has 1 aromatic heterocycles. The van der Waals surface area contributed by atoms with Crippen molar-refractivity contribution >= 4 is 5.91 Å². The number of aliphatic hydroxyl groups is 1. The third-order valence-electron chi connectivity index (χ3n) is 4.72. The Bertz CT molecular complexity index is 675. The molecule has 1 fully saturated rings. The molecule has 2 aromatic rings. The van der Waals surface area contributed by atoms with Crippen LogP contribution in [0.3, 0.4) is 0 Å². The zero-order valence-corrected chi connectivity index (χ0v) is 14.2. The Morgan fingerprint density at radius 3 is 2.62 bits per heavy atom. The summed E-state index contributed by atoms with van der Waals surface area (Å²) in [6.07, 6.45) is 5.92. The van der Waals surface area contributed by atoms with Gasteiger partial charge in [-0.3, -0.25) is 4.79 Å². The molecule has 1 amide bonds. The van der Waals surface area contributed by atoms with E-state index < -0.39 is 5.60 Å². The standard InChI is InChI=1S/C19H25N3O2/c1-2-17-20-12-16(21-17)18(23)22(13-15-8-4-3-5-9-15)14-19(24)10-6-7-11-19/h3-5,8-9,12,24H,2,6-7,10-11,13-14H2,1H3,(H,20,21). The number of hydrogen-bond donors (Lipinski definition) is 2. The smallest absolute Gasteiger partial charge is 0.272 e. The maximum absolute atomic E-state index is 13.0. The highest BCUT2D eigenvalue weighted by atomic mass is 16.3. The Morgan fingerprint density at radius 1 is 1.29 bits per heavy atom. The lowest BCUT2D eigenvalue weighted by atomic mass is 10.0. The van der Waals surface area contributed by atoms with Crippen LogP contribution in [0, 0.1) is 0 Å². The van der Waals surface area contributed by atoms with Crippen LogP contribution < -0.4 is 0 Å². The van der Waals surface area contributed by atoms with Crippen LogP contribution >= 0.6 is 0 Å². The lowest BCUT2D eigenvalue weighted by Gasteiger charge is -2.31. The molecule has 5 heteroatoms. The fourth-order valence-electron chi connectivity index (χ4n) is 3.37. The second-order valence-corrected chi connectivity index (χ2v) is 6.68. The summed E-state index contributed by atoms with van der Waals surface area (Å²) >= 11 is 0. The van der Waals surface area contributed by atoms with E-state index >= 15 is 0 Å². The summed E-state index contributed by atoms with van der Waals surface area (Å²) in [5.41, 5.74) is 0.782. The van der Waals surface area contributed by atoms with Crippen molar-refractivity contribution in [2.24, 2.45) is 0 Å². The number of benzene rings is 1. The minimum atomic E-state index is -0.766. The molecule has 3 rings (SSSR count). The number of aromatic nitrogens is 2. The maximum atomic E-state index is 13.0. The van der Waals surface area contributed by atoms with E-state index in [0.717, 1.165) is 43.5 Å². The highest BCUT2D eigenvalue weighted by Crippen LogP contribution is 2.31. The summed E-state index contributed by atoms with van der Waals surface area (Å²) in [5.74, 6) is 0.698. The van der Waals surface area contributed by atoms with Gasteiger partial charge >= 0.3 is 0 Å². The minimum Gasteiger partial charge on any atom is -0.388 e. The largest absolute Gasteiger partial charge is 0.388 e. The van der Waals surface area contributed by atoms with E-state index in [-0.39, 0.29) is 5.91 Å². The average molecular weight is 327 g/mol. The van der Waals surface area contributed by atoms with Gasteiger partial charge in [-0.2, -0.15) is 0 Å². The summed E-state index contributed by atoms with van der Waals surface area (Å²) in [6.45, 7) is 2.85. The molecule has 1 aromatic carbocycles. The first kappa shape index (κ1) is 16.7. The van der Waals surface area contributed by atoms with Crippen LogP contribution in [0.25, 0.3) is 0 Å². The third kappa shape index (κ3) is 3.85. The van der Waals surface area contributed by atoms with Crippen LogP contribution in [0.1, 0.15) is 54.5 Å². The molecule has 1 aliphatic carbocycles. The minimum absolute atomic E-state index is 0.105. The highest BCUT2D eigenvalue weighted by molar-refractivity contribution is 5.92. The number of carbonyl (C=O) groups excluding carboxylic acids is 1. The van der Waals surface area contributed by atoms with Gasteiger partial charge < -0.3 is 15.0 Å². The summed E-state index contributed by atoms with van der Waals surface area (Å²) in [4.78, 5) is 22.0. The number of aryl methyl sites for hydroxylation is 1. The molecule has 0 spiro atoms. The van der Waals surface area contributed by atoms with Gasteiger partial charge in [0.1, 0.15) is 11.5 Å². The molecule has 5 nitrogen and oxygen atoms in total. The molecular formula is C19H25N3O2. The number of nitrogens with zero attached hydrogens (tertiary/aromatic N) is 2. The van der Waals surface area contributed by atoms with Gasteiger partial charge in [-0.05, 0) is 18.4 Å². The summed E-state index contributed by atoms with van der Waals surface area (Å²) in [7, 11) is 0. The topological polar surface area (TPSA) is 69.2 Å². The Kier molecular flexibility index (Phi) is 5.00. The predicted molar refractivity (Wildman–Crippen MR) is 92.6 cm³/mol. The maximum Gasteiger partial charge on any atom is 0.272 e. The molecule has 1 saturated carbocycles. The zero-order chi connectivity index (χ0) is 17.0. The molecule has 24 heavy (non-hydrogen) atoms. The molecule has 0 aliphatic heterocycles. The summed E-state index contributed by atoms with van der Waals surface area (Å²) in [6, 6.07) is 9.90. The number of hydrogen-bond acceptors (Lipinski definition) is 3. The average Bonchev–Trinajstić information content (AvgIpc) is 3.24. The molecule has 0 atom stereocenters. The van der Waals surface area contributed by atoms with Crippen LogP contribution in [0.5, 0.6) is 0 Å². The fraction of sp³-hybridized carbons (Fsp3) is 0.474. The van der Waals surface area contributed by atoms with Crippen LogP contribution in [0.4, 0.5) is 0 Å². The Hall–Kier alpha value is -2.14. The van der Waals surface area contributed by atoms with Gasteiger partial charge in [0, 0.05) is 13.0 Å². The monoisotopic (exact) mass is 327 g/mol. The van der Waals surface area contributed by atoms with Crippen molar-refractivity contribution in [3.63, 3.8) is 0 Å². The van der Waals surface area contributed by atoms with E-state index in [2.05, 4.69) is 9.97 Å². The molecule has 0 bridgehead atoms. The molecule has 128 valence electrons. The lowest BCUT2D eigenvalue weighted by Crippen LogP contribution is -2.44. The number of nitrogens with one attached hydrogen (secondary N) is 1. The van der Waals surface area contributed by atoms with Gasteiger partial charge in [-0.25, -0.2) is 4.98 Å². The summed E-state index contributed by atoms with van der Waals surface area (Å²) in [5, 5.41) is 10.8. The Balaban J connectivity index is 1.81. The Labute approximate surface area is 142 Å². The first-order valence-corrected chi connectivity index (χ1v) is 8.69. The second-order valence-electron chi connectivity index (χ2n) is 6.68. The first-order chi connectivity index (χ1) is 11.6. The molecule has 2 N–H and O–H groups in total. The number of rotatable bonds is 6. The first-order valence-electron chi connectivity index (χ1n) is 8.69. The van der Waals surface area contributed by atoms with Crippen molar-refractivity contribution in [1.29, 1.82) is 0 Å². The quantitative estimate of drug-likeness (QED) is 0.857. The van der Waals surface area contributed by atoms with Crippen molar-refractivity contribution in [2.75, 3.05) is 6.54 Å². The molecule has 0 unspecified atom stereocenters. The zero-order valence-electron chi connectivity index (χ0n) is 14.2. The van der Waals surface area contributed by atoms with Crippen molar-refractivity contribution < 1.29 is 9.90 Å². The molecule has 1 aliphatic rings. The van der Waals surface area contributed by atoms with Crippen LogP contribution in [0.15, 0.2) is 36.5 Å². The van der Waals surface area contributed by atoms with E-state index in [0.29, 0.717) is 18.8 Å². The molecular weight excluding hydrogens is 302 g/mol. The number of carbonyl (C=O) groups is 1. The van der Waals surface area contributed by atoms with Crippen LogP contribution in [0.2, 0.25) is 0 Å². The van der Waals surface area contributed by atoms with Crippen molar-refractivity contribution in [1.82, 2.24) is 14.9 Å². The molecule has 1 heterocycles. The molecule has 0 radical (unpaired) electrons. The predicted octanol–water partition coefficient (Wildman–Crippen LogP) is 2.92. The fourth-order valence-corrected chi connectivity index (χ4v) is 3.37. The Morgan fingerprint density at radius 2 is 2.00 bits per heavy atom. The normalized spacial score (nSPS) is 16.2. The van der Waals surface area contributed by atoms with Gasteiger partial charge in [-0.1, -0.05) is 50.1 Å². The highest BCUT2D eigenvalue weighted by Gasteiger charge is 2.35. The van der Waals surface area contributed by atoms with Crippen LogP contribution in [-0.2, 0) is 13.0 Å². The number of H-pyrrole nitrogens is 1. The van der Waals surface area contributed by atoms with Gasteiger partial charge in [0.2, 0.25) is 0 Å². The van der Waals surface area contributed by atoms with Crippen molar-refractivity contribution in [3.8, 4) is 0 Å². The van der Waals surface area contributed by atoms with Crippen molar-refractivity contribution in [3.05, 3.63) is 53.6 Å². The second kappa shape index (κ2) is 7.18. The third-order valence-corrected chi connectivity index (χ3v) is 4.72. The number of amides is 1. The number of imidazole rings is 1. The van der Waals surface area contributed by atoms with E-state index in [1.807, 2.05) is 37.3 Å². The van der Waals surface area contributed by atoms with Gasteiger partial charge in [0.15, 0.2) is 0 Å². The van der Waals surface area contributed by atoms with Crippen molar-refractivity contribution in [2.45, 2.75) is 51.2 Å². The van der Waals surface area contributed by atoms with Gasteiger partial charge in [-0.15, -0.1) is 0 Å². The van der Waals surface area contributed by atoms with Gasteiger partial charge in [0.25, 0.3) is 5.91 Å². The number of aromatic amines is 1. The van der Waals surface area contributed by atoms with E-state index in [1.54, 1.807) is 11.1 Å². The van der Waals surface area contributed by atoms with Crippen LogP contribution in [-0.4, -0.2) is 38.0 Å². The lowest BCUT2D eigenvalue weighted by molar-refractivity contribution is 0.00766. The SMILES string of the molecule is CCc1ncc(C(=O)N(Cc2ccccc2)CC2(O)CCCC2)[nH]1. The van der Waals surface area contributed by atoms with E-state index in [9.17, 15) is 9.90 Å². The van der Waals surface area contributed by atoms with E-state index in [4.69, 9.17) is 0 Å². The van der Waals surface area contributed by atoms with Gasteiger partial charge in [0.05, 0.1) is 18.3 Å².